The van der Waals surface area contributed by atoms with Crippen molar-refractivity contribution in [2.75, 3.05) is 6.61 Å². The Bertz CT molecular complexity index is 445. The molecule has 1 aromatic rings. The molecule has 0 spiro atoms. The molecular weight excluding hydrogens is 292 g/mol. The van der Waals surface area contributed by atoms with E-state index in [1.165, 1.54) is 50.7 Å². The highest BCUT2D eigenvalue weighted by atomic mass is 16.5. The molecule has 130 valence electrons. The second kappa shape index (κ2) is 11.9. The second-order valence-corrected chi connectivity index (χ2v) is 6.07. The van der Waals surface area contributed by atoms with E-state index in [1.54, 1.807) is 6.07 Å². The van der Waals surface area contributed by atoms with Crippen LogP contribution in [0.4, 0.5) is 0 Å². The van der Waals surface area contributed by atoms with Crippen molar-refractivity contribution in [3.05, 3.63) is 23.8 Å². The van der Waals surface area contributed by atoms with E-state index in [1.807, 2.05) is 0 Å². The number of aldehydes is 1. The summed E-state index contributed by atoms with van der Waals surface area (Å²) in [5.41, 5.74) is 0.233. The van der Waals surface area contributed by atoms with Gasteiger partial charge in [0.1, 0.15) is 18.1 Å². The standard InChI is InChI=1S/C19H30O4/c1-2-3-4-5-6-7-8-9-10-17(21)15-23-18-12-11-16(14-20)19(22)13-18/h11-14,17,21-22H,2-10,15H2,1H3. The minimum absolute atomic E-state index is 0.102. The van der Waals surface area contributed by atoms with Gasteiger partial charge in [-0.2, -0.15) is 0 Å². The van der Waals surface area contributed by atoms with Crippen LogP contribution in [0.2, 0.25) is 0 Å². The summed E-state index contributed by atoms with van der Waals surface area (Å²) >= 11 is 0. The number of aliphatic hydroxyl groups excluding tert-OH is 1. The van der Waals surface area contributed by atoms with E-state index in [0.29, 0.717) is 12.0 Å². The minimum atomic E-state index is -0.497. The van der Waals surface area contributed by atoms with Crippen LogP contribution in [0.3, 0.4) is 0 Å². The van der Waals surface area contributed by atoms with Gasteiger partial charge < -0.3 is 14.9 Å². The van der Waals surface area contributed by atoms with E-state index in [2.05, 4.69) is 6.92 Å². The molecule has 0 saturated heterocycles. The van der Waals surface area contributed by atoms with Gasteiger partial charge in [0.2, 0.25) is 0 Å². The van der Waals surface area contributed by atoms with E-state index in [-0.39, 0.29) is 17.9 Å². The number of ether oxygens (including phenoxy) is 1. The first-order chi connectivity index (χ1) is 11.2. The van der Waals surface area contributed by atoms with Crippen LogP contribution in [0.5, 0.6) is 11.5 Å². The van der Waals surface area contributed by atoms with Crippen LogP contribution in [-0.4, -0.2) is 29.2 Å². The van der Waals surface area contributed by atoms with Crippen LogP contribution in [0.15, 0.2) is 18.2 Å². The Balaban J connectivity index is 2.09. The number of phenolic OH excluding ortho intramolecular Hbond substituents is 1. The van der Waals surface area contributed by atoms with Crippen molar-refractivity contribution in [3.8, 4) is 11.5 Å². The van der Waals surface area contributed by atoms with E-state index >= 15 is 0 Å². The van der Waals surface area contributed by atoms with Gasteiger partial charge in [0.05, 0.1) is 11.7 Å². The fraction of sp³-hybridized carbons (Fsp3) is 0.632. The number of hydrogen-bond donors (Lipinski definition) is 2. The normalized spacial score (nSPS) is 12.1. The van der Waals surface area contributed by atoms with Crippen molar-refractivity contribution in [2.24, 2.45) is 0 Å². The Morgan fingerprint density at radius 2 is 1.74 bits per heavy atom. The van der Waals surface area contributed by atoms with Crippen molar-refractivity contribution in [1.82, 2.24) is 0 Å². The minimum Gasteiger partial charge on any atom is -0.507 e. The van der Waals surface area contributed by atoms with Gasteiger partial charge in [0.15, 0.2) is 6.29 Å². The summed E-state index contributed by atoms with van der Waals surface area (Å²) in [6, 6.07) is 4.52. The third kappa shape index (κ3) is 8.60. The number of carbonyl (C=O) groups excluding carboxylic acids is 1. The number of hydrogen-bond acceptors (Lipinski definition) is 4. The van der Waals surface area contributed by atoms with Crippen molar-refractivity contribution in [3.63, 3.8) is 0 Å². The predicted molar refractivity (Wildman–Crippen MR) is 92.2 cm³/mol. The molecule has 0 heterocycles. The van der Waals surface area contributed by atoms with Crippen LogP contribution in [0, 0.1) is 0 Å². The highest BCUT2D eigenvalue weighted by molar-refractivity contribution is 5.79. The summed E-state index contributed by atoms with van der Waals surface area (Å²) < 4.78 is 5.44. The topological polar surface area (TPSA) is 66.8 Å². The van der Waals surface area contributed by atoms with Crippen molar-refractivity contribution in [1.29, 1.82) is 0 Å². The van der Waals surface area contributed by atoms with E-state index in [4.69, 9.17) is 4.74 Å². The molecule has 0 aromatic heterocycles. The first-order valence-corrected chi connectivity index (χ1v) is 8.76. The van der Waals surface area contributed by atoms with E-state index in [0.717, 1.165) is 19.3 Å². The zero-order chi connectivity index (χ0) is 16.9. The SMILES string of the molecule is CCCCCCCCCCC(O)COc1ccc(C=O)c(O)c1. The number of unbranched alkanes of at least 4 members (excludes halogenated alkanes) is 7. The van der Waals surface area contributed by atoms with Crippen LogP contribution in [-0.2, 0) is 0 Å². The second-order valence-electron chi connectivity index (χ2n) is 6.07. The maximum Gasteiger partial charge on any atom is 0.153 e. The average molecular weight is 322 g/mol. The Hall–Kier alpha value is -1.55. The summed E-state index contributed by atoms with van der Waals surface area (Å²) in [4.78, 5) is 10.6. The largest absolute Gasteiger partial charge is 0.507 e. The molecule has 0 radical (unpaired) electrons. The lowest BCUT2D eigenvalue weighted by molar-refractivity contribution is 0.0972. The molecule has 0 saturated carbocycles. The molecule has 1 atom stereocenters. The quantitative estimate of drug-likeness (QED) is 0.415. The lowest BCUT2D eigenvalue weighted by Crippen LogP contribution is -2.17. The van der Waals surface area contributed by atoms with Gasteiger partial charge in [-0.1, -0.05) is 58.3 Å². The fourth-order valence-corrected chi connectivity index (χ4v) is 2.50. The number of benzene rings is 1. The number of rotatable bonds is 13. The monoisotopic (exact) mass is 322 g/mol. The zero-order valence-corrected chi connectivity index (χ0v) is 14.2. The average Bonchev–Trinajstić information content (AvgIpc) is 2.55. The number of carbonyl (C=O) groups is 1. The molecule has 0 aliphatic rings. The molecule has 0 aliphatic carbocycles. The van der Waals surface area contributed by atoms with Gasteiger partial charge in [-0.05, 0) is 18.6 Å². The molecule has 4 nitrogen and oxygen atoms in total. The zero-order valence-electron chi connectivity index (χ0n) is 14.2. The highest BCUT2D eigenvalue weighted by Crippen LogP contribution is 2.22. The fourth-order valence-electron chi connectivity index (χ4n) is 2.50. The van der Waals surface area contributed by atoms with Gasteiger partial charge in [-0.25, -0.2) is 0 Å². The van der Waals surface area contributed by atoms with Crippen molar-refractivity contribution in [2.45, 2.75) is 70.8 Å². The Labute approximate surface area is 139 Å². The molecule has 1 aromatic carbocycles. The van der Waals surface area contributed by atoms with E-state index in [9.17, 15) is 15.0 Å². The van der Waals surface area contributed by atoms with Crippen LogP contribution < -0.4 is 4.74 Å². The van der Waals surface area contributed by atoms with Gasteiger partial charge >= 0.3 is 0 Å². The molecule has 0 fully saturated rings. The maximum atomic E-state index is 10.6. The summed E-state index contributed by atoms with van der Waals surface area (Å²) in [7, 11) is 0. The summed E-state index contributed by atoms with van der Waals surface area (Å²) in [5.74, 6) is 0.359. The Kier molecular flexibility index (Phi) is 10.1. The van der Waals surface area contributed by atoms with Crippen LogP contribution in [0.25, 0.3) is 0 Å². The predicted octanol–water partition coefficient (Wildman–Crippen LogP) is 4.48. The van der Waals surface area contributed by atoms with Gasteiger partial charge in [-0.3, -0.25) is 4.79 Å². The molecule has 4 heteroatoms. The lowest BCUT2D eigenvalue weighted by atomic mass is 10.1. The number of aromatic hydroxyl groups is 1. The third-order valence-electron chi connectivity index (χ3n) is 3.96. The molecule has 23 heavy (non-hydrogen) atoms. The molecule has 0 bridgehead atoms. The summed E-state index contributed by atoms with van der Waals surface area (Å²) in [6.45, 7) is 2.43. The van der Waals surface area contributed by atoms with Gasteiger partial charge in [0, 0.05) is 6.07 Å². The van der Waals surface area contributed by atoms with Crippen molar-refractivity contribution < 1.29 is 19.7 Å². The number of aliphatic hydroxyl groups is 1. The van der Waals surface area contributed by atoms with Crippen LogP contribution >= 0.6 is 0 Å². The summed E-state index contributed by atoms with van der Waals surface area (Å²) in [6.07, 6.45) is 10.8. The number of phenols is 1. The first kappa shape index (κ1) is 19.5. The third-order valence-corrected chi connectivity index (χ3v) is 3.96. The smallest absolute Gasteiger partial charge is 0.153 e. The molecule has 1 rings (SSSR count). The Morgan fingerprint density at radius 3 is 2.35 bits per heavy atom. The van der Waals surface area contributed by atoms with Crippen LogP contribution in [0.1, 0.15) is 75.1 Å². The molecule has 0 aliphatic heterocycles. The van der Waals surface area contributed by atoms with Crippen molar-refractivity contribution >= 4 is 6.29 Å². The van der Waals surface area contributed by atoms with Gasteiger partial charge in [0.25, 0.3) is 0 Å². The maximum absolute atomic E-state index is 10.6. The first-order valence-electron chi connectivity index (χ1n) is 8.76. The molecule has 2 N–H and O–H groups in total. The molecular formula is C19H30O4. The molecule has 0 amide bonds. The van der Waals surface area contributed by atoms with E-state index < -0.39 is 6.10 Å². The highest BCUT2D eigenvalue weighted by Gasteiger charge is 2.07. The molecule has 1 unspecified atom stereocenters. The van der Waals surface area contributed by atoms with Gasteiger partial charge in [-0.15, -0.1) is 0 Å². The lowest BCUT2D eigenvalue weighted by Gasteiger charge is -2.12. The summed E-state index contributed by atoms with van der Waals surface area (Å²) in [5, 5.41) is 19.5. The Morgan fingerprint density at radius 1 is 1.09 bits per heavy atom.